The third-order valence-corrected chi connectivity index (χ3v) is 4.58. The van der Waals surface area contributed by atoms with E-state index >= 15 is 0 Å². The van der Waals surface area contributed by atoms with Crippen LogP contribution in [0.4, 0.5) is 0 Å². The Morgan fingerprint density at radius 2 is 2.00 bits per heavy atom. The fourth-order valence-corrected chi connectivity index (χ4v) is 3.83. The number of hydrogen-bond acceptors (Lipinski definition) is 3. The van der Waals surface area contributed by atoms with E-state index in [1.54, 1.807) is 26.4 Å². The predicted octanol–water partition coefficient (Wildman–Crippen LogP) is 1.27. The Kier molecular flexibility index (Phi) is 2.99. The van der Waals surface area contributed by atoms with Crippen LogP contribution in [0.1, 0.15) is 0 Å². The van der Waals surface area contributed by atoms with Crippen molar-refractivity contribution >= 4 is 29.2 Å². The Labute approximate surface area is 96.9 Å². The second-order valence-electron chi connectivity index (χ2n) is 2.99. The summed E-state index contributed by atoms with van der Waals surface area (Å²) >= 11 is -0.418. The topological polar surface area (TPSA) is 35.5 Å². The van der Waals surface area contributed by atoms with E-state index < -0.39 is 20.4 Å². The second kappa shape index (κ2) is 4.26. The van der Waals surface area contributed by atoms with E-state index in [0.717, 1.165) is 9.15 Å². The van der Waals surface area contributed by atoms with E-state index in [-0.39, 0.29) is 5.43 Å². The third kappa shape index (κ3) is 1.88. The molecule has 1 aromatic heterocycles. The summed E-state index contributed by atoms with van der Waals surface area (Å²) in [4.78, 5) is 11.7. The fourth-order valence-electron chi connectivity index (χ4n) is 1.43. The van der Waals surface area contributed by atoms with Gasteiger partial charge in [0.15, 0.2) is 0 Å². The number of methoxy groups -OCH3 is 2. The molecular weight excluding hydrogens is 308 g/mol. The molecule has 0 atom stereocenters. The van der Waals surface area contributed by atoms with E-state index in [0.29, 0.717) is 11.1 Å². The normalized spacial score (nSPS) is 10.3. The molecule has 1 heterocycles. The predicted molar refractivity (Wildman–Crippen MR) is 60.3 cm³/mol. The molecule has 0 aliphatic carbocycles. The van der Waals surface area contributed by atoms with Crippen LogP contribution in [-0.2, 0) is 0 Å². The first-order chi connectivity index (χ1) is 7.26. The Hall–Kier alpha value is -0.980. The van der Waals surface area contributed by atoms with Gasteiger partial charge in [0.1, 0.15) is 0 Å². The zero-order chi connectivity index (χ0) is 10.8. The van der Waals surface area contributed by atoms with Crippen molar-refractivity contribution < 1.29 is 9.47 Å². The maximum absolute atomic E-state index is 11.7. The van der Waals surface area contributed by atoms with E-state index in [1.807, 2.05) is 10.1 Å². The summed E-state index contributed by atoms with van der Waals surface area (Å²) in [5.41, 5.74) is 0.0286. The molecule has 0 aliphatic heterocycles. The molecule has 2 aromatic rings. The molecule has 2 rings (SSSR count). The van der Waals surface area contributed by atoms with Gasteiger partial charge in [-0.05, 0) is 0 Å². The summed E-state index contributed by atoms with van der Waals surface area (Å²) in [6.45, 7) is 0. The Balaban J connectivity index is 2.87. The van der Waals surface area contributed by atoms with Crippen LogP contribution >= 0.6 is 0 Å². The van der Waals surface area contributed by atoms with Gasteiger partial charge in [0.05, 0.1) is 0 Å². The molecule has 0 saturated heterocycles. The molecule has 0 aliphatic rings. The van der Waals surface area contributed by atoms with Gasteiger partial charge in [0.25, 0.3) is 0 Å². The number of fused-ring (bicyclic) bond motifs is 1. The molecule has 0 fully saturated rings. The first-order valence-corrected chi connectivity index (χ1v) is 6.91. The van der Waals surface area contributed by atoms with Crippen molar-refractivity contribution in [1.82, 2.24) is 0 Å². The Morgan fingerprint density at radius 1 is 1.20 bits per heavy atom. The molecule has 0 radical (unpaired) electrons. The van der Waals surface area contributed by atoms with Crippen molar-refractivity contribution in [3.05, 3.63) is 32.5 Å². The average molecular weight is 318 g/mol. The van der Waals surface area contributed by atoms with E-state index in [2.05, 4.69) is 0 Å². The zero-order valence-electron chi connectivity index (χ0n) is 8.44. The number of benzene rings is 1. The average Bonchev–Trinajstić information content (AvgIpc) is 2.27. The van der Waals surface area contributed by atoms with Gasteiger partial charge >= 0.3 is 96.9 Å². The van der Waals surface area contributed by atoms with Gasteiger partial charge in [0.2, 0.25) is 0 Å². The summed E-state index contributed by atoms with van der Waals surface area (Å²) in [6.07, 6.45) is 0. The molecule has 15 heavy (non-hydrogen) atoms. The van der Waals surface area contributed by atoms with Crippen LogP contribution in [0.3, 0.4) is 0 Å². The first-order valence-electron chi connectivity index (χ1n) is 4.40. The van der Waals surface area contributed by atoms with Gasteiger partial charge in [-0.3, -0.25) is 0 Å². The molecule has 0 saturated carbocycles. The van der Waals surface area contributed by atoms with Crippen molar-refractivity contribution in [2.45, 2.75) is 0 Å². The Bertz CT molecular complexity index is 545. The maximum atomic E-state index is 11.7. The Morgan fingerprint density at radius 3 is 2.67 bits per heavy atom. The van der Waals surface area contributed by atoms with Crippen LogP contribution in [0, 0.1) is 0 Å². The van der Waals surface area contributed by atoms with Crippen LogP contribution in [-0.4, -0.2) is 34.7 Å². The van der Waals surface area contributed by atoms with Gasteiger partial charge < -0.3 is 0 Å². The first kappa shape index (κ1) is 10.5. The summed E-state index contributed by atoms with van der Waals surface area (Å²) in [5.74, 6) is 1.36. The summed E-state index contributed by atoms with van der Waals surface area (Å²) in [5, 5.41) is 0.711. The minimum absolute atomic E-state index is 0.0286. The number of ether oxygens (including phenoxy) is 2. The van der Waals surface area contributed by atoms with Crippen molar-refractivity contribution in [1.29, 1.82) is 0 Å². The van der Waals surface area contributed by atoms with Gasteiger partial charge in [-0.15, -0.1) is 0 Å². The number of hydrogen-bond donors (Lipinski definition) is 0. The SMILES string of the molecule is COc1cc(OC)c2c(=O)cc[te]c2c1. The van der Waals surface area contributed by atoms with E-state index in [4.69, 9.17) is 9.47 Å². The van der Waals surface area contributed by atoms with E-state index in [9.17, 15) is 4.79 Å². The van der Waals surface area contributed by atoms with Gasteiger partial charge in [-0.1, -0.05) is 0 Å². The molecule has 3 nitrogen and oxygen atoms in total. The van der Waals surface area contributed by atoms with Gasteiger partial charge in [-0.2, -0.15) is 0 Å². The molecular formula is C11H10O3Te. The standard InChI is InChI=1S/C11H10O3Te/c1-13-7-5-9(14-2)11-8(12)3-4-15-10(11)6-7/h3-6H,1-2H3. The molecule has 1 aromatic carbocycles. The van der Waals surface area contributed by atoms with Crippen LogP contribution < -0.4 is 14.9 Å². The third-order valence-electron chi connectivity index (χ3n) is 2.16. The summed E-state index contributed by atoms with van der Waals surface area (Å²) in [7, 11) is 3.18. The molecule has 4 heteroatoms. The van der Waals surface area contributed by atoms with Crippen molar-refractivity contribution in [2.24, 2.45) is 0 Å². The minimum atomic E-state index is -0.418. The zero-order valence-corrected chi connectivity index (χ0v) is 10.8. The van der Waals surface area contributed by atoms with Gasteiger partial charge in [-0.25, -0.2) is 0 Å². The molecule has 0 spiro atoms. The molecule has 0 amide bonds. The van der Waals surface area contributed by atoms with Crippen LogP contribution in [0.5, 0.6) is 11.5 Å². The summed E-state index contributed by atoms with van der Waals surface area (Å²) in [6, 6.07) is 5.32. The van der Waals surface area contributed by atoms with E-state index in [1.165, 1.54) is 0 Å². The number of rotatable bonds is 2. The van der Waals surface area contributed by atoms with Crippen molar-refractivity contribution in [2.75, 3.05) is 14.2 Å². The molecule has 0 N–H and O–H groups in total. The fraction of sp³-hybridized carbons (Fsp3) is 0.182. The molecule has 0 bridgehead atoms. The quantitative estimate of drug-likeness (QED) is 0.783. The monoisotopic (exact) mass is 320 g/mol. The van der Waals surface area contributed by atoms with Crippen molar-refractivity contribution in [3.63, 3.8) is 0 Å². The molecule has 0 unspecified atom stereocenters. The second-order valence-corrected chi connectivity index (χ2v) is 5.69. The molecule has 78 valence electrons. The van der Waals surface area contributed by atoms with Crippen LogP contribution in [0.25, 0.3) is 8.79 Å². The van der Waals surface area contributed by atoms with Gasteiger partial charge in [0, 0.05) is 0 Å². The van der Waals surface area contributed by atoms with Crippen LogP contribution in [0.15, 0.2) is 27.1 Å². The van der Waals surface area contributed by atoms with Crippen molar-refractivity contribution in [3.8, 4) is 11.5 Å². The van der Waals surface area contributed by atoms with Crippen LogP contribution in [0.2, 0.25) is 0 Å². The summed E-state index contributed by atoms with van der Waals surface area (Å²) < 4.78 is 13.4.